The van der Waals surface area contributed by atoms with Gasteiger partial charge in [0.25, 0.3) is 0 Å². The number of rotatable bonds is 7. The monoisotopic (exact) mass is 527 g/mol. The van der Waals surface area contributed by atoms with E-state index in [0.717, 1.165) is 63.3 Å². The molecule has 214 valence electrons. The van der Waals surface area contributed by atoms with E-state index in [0.29, 0.717) is 36.3 Å². The number of aliphatic hydroxyl groups excluding tert-OH is 3. The molecule has 38 heavy (non-hydrogen) atoms. The summed E-state index contributed by atoms with van der Waals surface area (Å²) in [5.41, 5.74) is 2.57. The van der Waals surface area contributed by atoms with Crippen molar-refractivity contribution in [1.29, 1.82) is 0 Å². The Morgan fingerprint density at radius 3 is 2.45 bits per heavy atom. The highest BCUT2D eigenvalue weighted by atomic mass is 16.3. The second kappa shape index (κ2) is 9.41. The minimum Gasteiger partial charge on any atom is -0.394 e. The molecule has 7 rings (SSSR count). The standard InChI is InChI=1S/C33H53NO4/c1-30(2)22-6-5-21(29(30)16-22)17-34(18-25(37)19-35)20-33(38)14-11-28-26-8-7-23-15-24(36)9-12-31(23,3)27(26)10-13-32(28,33)4/h7-8,21-22,24-25,27-29,35-38H,5-6,9-20H2,1-4H3/t21-,22-,24-,25-,27-,28-,29-,31-,32-,33+/m0/s1. The summed E-state index contributed by atoms with van der Waals surface area (Å²) in [6.07, 6.45) is 14.3. The highest BCUT2D eigenvalue weighted by Crippen LogP contribution is 2.66. The number of hydrogen-bond acceptors (Lipinski definition) is 5. The van der Waals surface area contributed by atoms with E-state index in [-0.39, 0.29) is 23.5 Å². The summed E-state index contributed by atoms with van der Waals surface area (Å²) in [5.74, 6) is 3.12. The van der Waals surface area contributed by atoms with Crippen LogP contribution < -0.4 is 0 Å². The number of hydrogen-bond donors (Lipinski definition) is 4. The van der Waals surface area contributed by atoms with Crippen LogP contribution in [0.1, 0.15) is 91.9 Å². The van der Waals surface area contributed by atoms with E-state index < -0.39 is 11.7 Å². The topological polar surface area (TPSA) is 84.2 Å². The van der Waals surface area contributed by atoms with Gasteiger partial charge in [-0.25, -0.2) is 0 Å². The van der Waals surface area contributed by atoms with Crippen molar-refractivity contribution in [2.45, 2.75) is 110 Å². The van der Waals surface area contributed by atoms with E-state index in [1.54, 1.807) is 5.57 Å². The maximum atomic E-state index is 12.5. The zero-order valence-corrected chi connectivity index (χ0v) is 24.3. The molecule has 0 aromatic rings. The van der Waals surface area contributed by atoms with Crippen LogP contribution in [0.2, 0.25) is 0 Å². The predicted molar refractivity (Wildman–Crippen MR) is 150 cm³/mol. The first kappa shape index (κ1) is 27.4. The van der Waals surface area contributed by atoms with Gasteiger partial charge < -0.3 is 20.4 Å². The Bertz CT molecular complexity index is 987. The summed E-state index contributed by atoms with van der Waals surface area (Å²) in [7, 11) is 0. The average molecular weight is 528 g/mol. The Hall–Kier alpha value is -0.720. The molecule has 0 aliphatic heterocycles. The predicted octanol–water partition coefficient (Wildman–Crippen LogP) is 4.69. The first-order chi connectivity index (χ1) is 17.9. The van der Waals surface area contributed by atoms with Gasteiger partial charge in [0.2, 0.25) is 0 Å². The van der Waals surface area contributed by atoms with Gasteiger partial charge in [-0.05, 0) is 105 Å². The van der Waals surface area contributed by atoms with E-state index in [1.165, 1.54) is 24.8 Å². The van der Waals surface area contributed by atoms with E-state index in [9.17, 15) is 20.4 Å². The van der Waals surface area contributed by atoms with Crippen molar-refractivity contribution in [3.8, 4) is 0 Å². The molecule has 0 aromatic carbocycles. The fraction of sp³-hybridized carbons (Fsp3) is 0.879. The number of fused-ring (bicyclic) bond motifs is 7. The van der Waals surface area contributed by atoms with E-state index in [4.69, 9.17) is 0 Å². The van der Waals surface area contributed by atoms with Gasteiger partial charge in [0.1, 0.15) is 0 Å². The second-order valence-corrected chi connectivity index (χ2v) is 15.5. The van der Waals surface area contributed by atoms with Crippen molar-refractivity contribution in [2.75, 3.05) is 26.2 Å². The molecule has 5 heteroatoms. The molecule has 6 fully saturated rings. The molecule has 7 aliphatic rings. The lowest BCUT2D eigenvalue weighted by Gasteiger charge is -2.61. The van der Waals surface area contributed by atoms with Crippen LogP contribution in [0, 0.1) is 45.8 Å². The lowest BCUT2D eigenvalue weighted by molar-refractivity contribution is -0.131. The molecule has 0 saturated heterocycles. The van der Waals surface area contributed by atoms with E-state index in [1.807, 2.05) is 0 Å². The minimum absolute atomic E-state index is 0.150. The van der Waals surface area contributed by atoms with Crippen molar-refractivity contribution >= 4 is 0 Å². The summed E-state index contributed by atoms with van der Waals surface area (Å²) >= 11 is 0. The van der Waals surface area contributed by atoms with Crippen molar-refractivity contribution in [2.24, 2.45) is 45.8 Å². The molecule has 0 radical (unpaired) electrons. The molecule has 0 spiro atoms. The fourth-order valence-corrected chi connectivity index (χ4v) is 10.8. The van der Waals surface area contributed by atoms with Crippen LogP contribution >= 0.6 is 0 Å². The van der Waals surface area contributed by atoms with Gasteiger partial charge in [-0.15, -0.1) is 0 Å². The largest absolute Gasteiger partial charge is 0.394 e. The molecule has 10 atom stereocenters. The molecule has 6 saturated carbocycles. The van der Waals surface area contributed by atoms with Gasteiger partial charge in [0, 0.05) is 25.0 Å². The van der Waals surface area contributed by atoms with Crippen LogP contribution in [-0.2, 0) is 0 Å². The highest BCUT2D eigenvalue weighted by molar-refractivity contribution is 5.39. The third-order valence-electron chi connectivity index (χ3n) is 13.5. The molecular weight excluding hydrogens is 474 g/mol. The van der Waals surface area contributed by atoms with Gasteiger partial charge in [0.05, 0.1) is 24.4 Å². The maximum Gasteiger partial charge on any atom is 0.0897 e. The number of aliphatic hydroxyl groups is 4. The van der Waals surface area contributed by atoms with Crippen molar-refractivity contribution in [3.05, 3.63) is 23.3 Å². The SMILES string of the molecule is CC1(C)[C@H]2CC[C@@H](CN(C[C@H](O)CO)C[C@]3(O)CC[C@H]4C5=CC=C6C[C@@H](O)CC[C@]6(C)[C@H]5CC[C@@]43C)[C@@H]1C2. The first-order valence-corrected chi connectivity index (χ1v) is 15.7. The summed E-state index contributed by atoms with van der Waals surface area (Å²) < 4.78 is 0. The zero-order chi connectivity index (χ0) is 27.1. The Labute approximate surface area is 230 Å². The lowest BCUT2D eigenvalue weighted by Crippen LogP contribution is -2.59. The van der Waals surface area contributed by atoms with Gasteiger partial charge in [0.15, 0.2) is 0 Å². The van der Waals surface area contributed by atoms with Crippen LogP contribution in [0.15, 0.2) is 23.3 Å². The summed E-state index contributed by atoms with van der Waals surface area (Å²) in [6, 6.07) is 0. The highest BCUT2D eigenvalue weighted by Gasteiger charge is 2.62. The van der Waals surface area contributed by atoms with Crippen LogP contribution in [0.25, 0.3) is 0 Å². The van der Waals surface area contributed by atoms with Crippen molar-refractivity contribution in [3.63, 3.8) is 0 Å². The molecule has 2 bridgehead atoms. The third kappa shape index (κ3) is 4.04. The van der Waals surface area contributed by atoms with E-state index >= 15 is 0 Å². The summed E-state index contributed by atoms with van der Waals surface area (Å²) in [5, 5.41) is 43.0. The van der Waals surface area contributed by atoms with Gasteiger partial charge >= 0.3 is 0 Å². The lowest BCUT2D eigenvalue weighted by atomic mass is 9.45. The second-order valence-electron chi connectivity index (χ2n) is 15.5. The van der Waals surface area contributed by atoms with E-state index in [2.05, 4.69) is 44.7 Å². The van der Waals surface area contributed by atoms with Gasteiger partial charge in [-0.1, -0.05) is 51.0 Å². The van der Waals surface area contributed by atoms with Crippen LogP contribution in [-0.4, -0.2) is 69.4 Å². The normalized spacial score (nSPS) is 47.8. The maximum absolute atomic E-state index is 12.5. The molecule has 0 heterocycles. The quantitative estimate of drug-likeness (QED) is 0.386. The van der Waals surface area contributed by atoms with Crippen LogP contribution in [0.3, 0.4) is 0 Å². The fourth-order valence-electron chi connectivity index (χ4n) is 10.8. The first-order valence-electron chi connectivity index (χ1n) is 15.7. The summed E-state index contributed by atoms with van der Waals surface area (Å²) in [6.45, 7) is 11.4. The van der Waals surface area contributed by atoms with Crippen LogP contribution in [0.5, 0.6) is 0 Å². The van der Waals surface area contributed by atoms with Crippen molar-refractivity contribution < 1.29 is 20.4 Å². The summed E-state index contributed by atoms with van der Waals surface area (Å²) in [4.78, 5) is 2.33. The Kier molecular flexibility index (Phi) is 6.80. The van der Waals surface area contributed by atoms with Gasteiger partial charge in [-0.2, -0.15) is 0 Å². The molecule has 4 N–H and O–H groups in total. The number of allylic oxidation sites excluding steroid dienone is 3. The number of nitrogens with zero attached hydrogens (tertiary/aromatic N) is 1. The molecular formula is C33H53NO4. The minimum atomic E-state index is -0.793. The van der Waals surface area contributed by atoms with Crippen LogP contribution in [0.4, 0.5) is 0 Å². The zero-order valence-electron chi connectivity index (χ0n) is 24.3. The Morgan fingerprint density at radius 2 is 1.74 bits per heavy atom. The molecule has 0 unspecified atom stereocenters. The third-order valence-corrected chi connectivity index (χ3v) is 13.5. The molecule has 7 aliphatic carbocycles. The molecule has 0 aromatic heterocycles. The molecule has 5 nitrogen and oxygen atoms in total. The smallest absolute Gasteiger partial charge is 0.0897 e. The Morgan fingerprint density at radius 1 is 0.974 bits per heavy atom. The average Bonchev–Trinajstić information content (AvgIpc) is 3.14. The molecule has 0 amide bonds. The van der Waals surface area contributed by atoms with Gasteiger partial charge in [-0.3, -0.25) is 4.90 Å². The Balaban J connectivity index is 1.23. The van der Waals surface area contributed by atoms with Crippen molar-refractivity contribution in [1.82, 2.24) is 4.90 Å².